The van der Waals surface area contributed by atoms with Gasteiger partial charge in [0.1, 0.15) is 0 Å². The number of carbonyl (C=O) groups excluding carboxylic acids is 1. The fraction of sp³-hybridized carbons (Fsp3) is 0.273. The van der Waals surface area contributed by atoms with Crippen molar-refractivity contribution in [2.24, 2.45) is 0 Å². The van der Waals surface area contributed by atoms with Crippen molar-refractivity contribution in [1.82, 2.24) is 14.8 Å². The minimum absolute atomic E-state index is 0.100. The number of nitrogen functional groups attached to an aromatic ring is 1. The van der Waals surface area contributed by atoms with Crippen molar-refractivity contribution in [3.8, 4) is 11.1 Å². The zero-order chi connectivity index (χ0) is 19.0. The molecule has 0 spiro atoms. The van der Waals surface area contributed by atoms with Crippen molar-refractivity contribution in [2.75, 3.05) is 32.9 Å². The van der Waals surface area contributed by atoms with Crippen LogP contribution in [0.2, 0.25) is 0 Å². The summed E-state index contributed by atoms with van der Waals surface area (Å²) in [6.07, 6.45) is 2.74. The van der Waals surface area contributed by atoms with Crippen molar-refractivity contribution in [1.29, 1.82) is 0 Å². The van der Waals surface area contributed by atoms with Gasteiger partial charge >= 0.3 is 0 Å². The topological polar surface area (TPSA) is 62.5 Å². The number of benzene rings is 2. The van der Waals surface area contributed by atoms with Gasteiger partial charge in [-0.3, -0.25) is 9.78 Å². The van der Waals surface area contributed by atoms with Crippen LogP contribution in [0, 0.1) is 0 Å². The normalized spacial score (nSPS) is 17.0. The Hall–Kier alpha value is -2.92. The third-order valence-corrected chi connectivity index (χ3v) is 5.40. The number of fused-ring (bicyclic) bond motifs is 1. The van der Waals surface area contributed by atoms with E-state index in [1.807, 2.05) is 47.4 Å². The van der Waals surface area contributed by atoms with E-state index in [1.165, 1.54) is 0 Å². The van der Waals surface area contributed by atoms with Crippen LogP contribution in [0.25, 0.3) is 22.0 Å². The Morgan fingerprint density at radius 1 is 1.15 bits per heavy atom. The lowest BCUT2D eigenvalue weighted by molar-refractivity contribution is 0.0783. The van der Waals surface area contributed by atoms with Gasteiger partial charge in [0, 0.05) is 42.0 Å². The number of likely N-dealkylation sites (tertiary alicyclic amines) is 1. The smallest absolute Gasteiger partial charge is 0.253 e. The summed E-state index contributed by atoms with van der Waals surface area (Å²) in [5, 5.41) is 0.931. The standard InChI is InChI=1S/C22H24N4O/c1-25(2)18-9-11-26(14-18)22(27)17-5-3-4-15(12-17)16-6-7-21-19(13-16)20(23)8-10-24-21/h3-8,10,12-13,18H,9,11,14H2,1-2H3,(H2,23,24)/t18-/m0/s1. The van der Waals surface area contributed by atoms with Crippen LogP contribution < -0.4 is 5.73 Å². The van der Waals surface area contributed by atoms with Gasteiger partial charge in [0.25, 0.3) is 5.91 Å². The molecule has 0 unspecified atom stereocenters. The van der Waals surface area contributed by atoms with E-state index in [1.54, 1.807) is 12.3 Å². The molecule has 27 heavy (non-hydrogen) atoms. The first-order chi connectivity index (χ1) is 13.0. The fourth-order valence-electron chi connectivity index (χ4n) is 3.71. The van der Waals surface area contributed by atoms with Crippen LogP contribution in [0.5, 0.6) is 0 Å². The molecule has 0 bridgehead atoms. The quantitative estimate of drug-likeness (QED) is 0.779. The fourth-order valence-corrected chi connectivity index (χ4v) is 3.71. The van der Waals surface area contributed by atoms with Gasteiger partial charge in [-0.2, -0.15) is 0 Å². The van der Waals surface area contributed by atoms with E-state index in [4.69, 9.17) is 5.73 Å². The van der Waals surface area contributed by atoms with E-state index in [0.717, 1.165) is 47.1 Å². The van der Waals surface area contributed by atoms with E-state index in [0.29, 0.717) is 11.7 Å². The van der Waals surface area contributed by atoms with Crippen LogP contribution in [-0.2, 0) is 0 Å². The summed E-state index contributed by atoms with van der Waals surface area (Å²) < 4.78 is 0. The lowest BCUT2D eigenvalue weighted by Gasteiger charge is -2.20. The van der Waals surface area contributed by atoms with Gasteiger partial charge < -0.3 is 15.5 Å². The minimum atomic E-state index is 0.100. The minimum Gasteiger partial charge on any atom is -0.398 e. The Bertz CT molecular complexity index is 999. The van der Waals surface area contributed by atoms with Crippen LogP contribution in [0.15, 0.2) is 54.7 Å². The summed E-state index contributed by atoms with van der Waals surface area (Å²) in [5.74, 6) is 0.100. The highest BCUT2D eigenvalue weighted by atomic mass is 16.2. The van der Waals surface area contributed by atoms with Crippen LogP contribution in [0.4, 0.5) is 5.69 Å². The van der Waals surface area contributed by atoms with E-state index in [-0.39, 0.29) is 5.91 Å². The molecule has 1 aliphatic heterocycles. The van der Waals surface area contributed by atoms with Gasteiger partial charge in [0.2, 0.25) is 0 Å². The number of likely N-dealkylation sites (N-methyl/N-ethyl adjacent to an activating group) is 1. The number of aromatic nitrogens is 1. The van der Waals surface area contributed by atoms with E-state index >= 15 is 0 Å². The Balaban J connectivity index is 1.63. The second-order valence-corrected chi connectivity index (χ2v) is 7.37. The first-order valence-electron chi connectivity index (χ1n) is 9.23. The van der Waals surface area contributed by atoms with Crippen LogP contribution >= 0.6 is 0 Å². The number of anilines is 1. The SMILES string of the molecule is CN(C)[C@H]1CCN(C(=O)c2cccc(-c3ccc4nccc(N)c4c3)c2)C1. The third-order valence-electron chi connectivity index (χ3n) is 5.40. The van der Waals surface area contributed by atoms with Gasteiger partial charge in [0.05, 0.1) is 5.52 Å². The summed E-state index contributed by atoms with van der Waals surface area (Å²) in [6.45, 7) is 1.60. The molecular formula is C22H24N4O. The van der Waals surface area contributed by atoms with Gasteiger partial charge in [-0.05, 0) is 62.0 Å². The molecule has 2 N–H and O–H groups in total. The molecular weight excluding hydrogens is 336 g/mol. The highest BCUT2D eigenvalue weighted by molar-refractivity contribution is 5.97. The molecule has 3 aromatic rings. The lowest BCUT2D eigenvalue weighted by Crippen LogP contribution is -2.34. The predicted molar refractivity (Wildman–Crippen MR) is 110 cm³/mol. The van der Waals surface area contributed by atoms with Gasteiger partial charge in [0.15, 0.2) is 0 Å². The highest BCUT2D eigenvalue weighted by Gasteiger charge is 2.28. The zero-order valence-corrected chi connectivity index (χ0v) is 15.7. The Morgan fingerprint density at radius 3 is 2.74 bits per heavy atom. The second-order valence-electron chi connectivity index (χ2n) is 7.37. The van der Waals surface area contributed by atoms with E-state index in [2.05, 4.69) is 24.0 Å². The summed E-state index contributed by atoms with van der Waals surface area (Å²) in [6, 6.07) is 16.1. The maximum Gasteiger partial charge on any atom is 0.253 e. The lowest BCUT2D eigenvalue weighted by atomic mass is 10.0. The van der Waals surface area contributed by atoms with Crippen molar-refractivity contribution >= 4 is 22.5 Å². The largest absolute Gasteiger partial charge is 0.398 e. The average molecular weight is 360 g/mol. The molecule has 1 atom stereocenters. The predicted octanol–water partition coefficient (Wildman–Crippen LogP) is 3.26. The Morgan fingerprint density at radius 2 is 1.96 bits per heavy atom. The molecule has 1 saturated heterocycles. The van der Waals surface area contributed by atoms with E-state index < -0.39 is 0 Å². The molecule has 1 amide bonds. The number of hydrogen-bond donors (Lipinski definition) is 1. The molecule has 5 nitrogen and oxygen atoms in total. The second kappa shape index (κ2) is 7.00. The van der Waals surface area contributed by atoms with Crippen molar-refractivity contribution in [3.05, 3.63) is 60.3 Å². The van der Waals surface area contributed by atoms with E-state index in [9.17, 15) is 4.79 Å². The Kier molecular flexibility index (Phi) is 4.54. The first kappa shape index (κ1) is 17.5. The molecule has 2 aromatic carbocycles. The summed E-state index contributed by atoms with van der Waals surface area (Å²) in [4.78, 5) is 21.4. The summed E-state index contributed by atoms with van der Waals surface area (Å²) in [7, 11) is 4.14. The Labute approximate surface area is 159 Å². The number of amides is 1. The van der Waals surface area contributed by atoms with Gasteiger partial charge in [-0.15, -0.1) is 0 Å². The van der Waals surface area contributed by atoms with Crippen LogP contribution in [0.1, 0.15) is 16.8 Å². The number of rotatable bonds is 3. The summed E-state index contributed by atoms with van der Waals surface area (Å²) >= 11 is 0. The average Bonchev–Trinajstić information content (AvgIpc) is 3.18. The molecule has 1 fully saturated rings. The van der Waals surface area contributed by atoms with Crippen LogP contribution in [0.3, 0.4) is 0 Å². The van der Waals surface area contributed by atoms with Gasteiger partial charge in [-0.1, -0.05) is 18.2 Å². The molecule has 1 aromatic heterocycles. The first-order valence-corrected chi connectivity index (χ1v) is 9.23. The molecule has 138 valence electrons. The van der Waals surface area contributed by atoms with Gasteiger partial charge in [-0.25, -0.2) is 0 Å². The highest BCUT2D eigenvalue weighted by Crippen LogP contribution is 2.28. The molecule has 5 heteroatoms. The molecule has 2 heterocycles. The molecule has 0 radical (unpaired) electrons. The maximum absolute atomic E-state index is 12.9. The zero-order valence-electron chi connectivity index (χ0n) is 15.7. The number of hydrogen-bond acceptors (Lipinski definition) is 4. The summed E-state index contributed by atoms with van der Waals surface area (Å²) in [5.41, 5.74) is 10.4. The van der Waals surface area contributed by atoms with Crippen molar-refractivity contribution < 1.29 is 4.79 Å². The monoisotopic (exact) mass is 360 g/mol. The maximum atomic E-state index is 12.9. The third kappa shape index (κ3) is 3.38. The number of nitrogens with two attached hydrogens (primary N) is 1. The molecule has 0 saturated carbocycles. The number of pyridine rings is 1. The number of carbonyl (C=O) groups is 1. The van der Waals surface area contributed by atoms with Crippen molar-refractivity contribution in [3.63, 3.8) is 0 Å². The van der Waals surface area contributed by atoms with Crippen LogP contribution in [-0.4, -0.2) is 53.9 Å². The molecule has 0 aliphatic carbocycles. The number of nitrogens with zero attached hydrogens (tertiary/aromatic N) is 3. The molecule has 4 rings (SSSR count). The molecule has 1 aliphatic rings. The van der Waals surface area contributed by atoms with Crippen molar-refractivity contribution in [2.45, 2.75) is 12.5 Å².